The molecule has 2 aromatic carbocycles. The normalized spacial score (nSPS) is 20.0. The highest BCUT2D eigenvalue weighted by Gasteiger charge is 2.31. The van der Waals surface area contributed by atoms with Crippen LogP contribution >= 0.6 is 11.6 Å². The van der Waals surface area contributed by atoms with Crippen LogP contribution in [0.5, 0.6) is 0 Å². The van der Waals surface area contributed by atoms with Gasteiger partial charge < -0.3 is 15.0 Å². The van der Waals surface area contributed by atoms with E-state index in [1.54, 1.807) is 6.07 Å². The van der Waals surface area contributed by atoms with Crippen LogP contribution in [-0.2, 0) is 14.8 Å². The third-order valence-corrected chi connectivity index (χ3v) is 8.61. The van der Waals surface area contributed by atoms with Crippen molar-refractivity contribution in [1.82, 2.24) is 4.31 Å². The fraction of sp³-hybridized carbons (Fsp3) is 0.458. The second-order valence-corrected chi connectivity index (χ2v) is 11.1. The number of benzene rings is 2. The number of sulfonamides is 1. The van der Waals surface area contributed by atoms with Gasteiger partial charge in [-0.25, -0.2) is 8.42 Å². The Bertz CT molecular complexity index is 1130. The van der Waals surface area contributed by atoms with E-state index < -0.39 is 10.0 Å². The average Bonchev–Trinajstić information content (AvgIpc) is 2.81. The molecule has 0 spiro atoms. The Morgan fingerprint density at radius 3 is 2.58 bits per heavy atom. The molecule has 7 nitrogen and oxygen atoms in total. The van der Waals surface area contributed by atoms with Crippen LogP contribution in [0.4, 0.5) is 11.4 Å². The van der Waals surface area contributed by atoms with Crippen molar-refractivity contribution < 1.29 is 17.9 Å². The SMILES string of the molecule is Cc1cc(N2CCOCC2)ccc1NC(=O)c1ccc(Cl)c(S(=O)(=O)N2CCCC(C)C2)c1. The lowest BCUT2D eigenvalue weighted by atomic mass is 10.0. The van der Waals surface area contributed by atoms with E-state index in [2.05, 4.69) is 10.2 Å². The van der Waals surface area contributed by atoms with Gasteiger partial charge in [0.1, 0.15) is 4.90 Å². The topological polar surface area (TPSA) is 79.0 Å². The van der Waals surface area contributed by atoms with Crippen molar-refractivity contribution in [2.24, 2.45) is 5.92 Å². The van der Waals surface area contributed by atoms with Crippen LogP contribution in [0.3, 0.4) is 0 Å². The number of amides is 1. The lowest BCUT2D eigenvalue weighted by molar-refractivity contribution is 0.102. The largest absolute Gasteiger partial charge is 0.378 e. The average molecular weight is 492 g/mol. The summed E-state index contributed by atoms with van der Waals surface area (Å²) >= 11 is 6.27. The van der Waals surface area contributed by atoms with Gasteiger partial charge in [0.15, 0.2) is 0 Å². The second-order valence-electron chi connectivity index (χ2n) is 8.81. The minimum absolute atomic E-state index is 0.0229. The summed E-state index contributed by atoms with van der Waals surface area (Å²) in [6.07, 6.45) is 1.82. The van der Waals surface area contributed by atoms with E-state index in [0.29, 0.717) is 37.9 Å². The molecule has 2 fully saturated rings. The summed E-state index contributed by atoms with van der Waals surface area (Å²) in [5.74, 6) is -0.0838. The Morgan fingerprint density at radius 2 is 1.88 bits per heavy atom. The number of morpholine rings is 1. The molecule has 2 aromatic rings. The highest BCUT2D eigenvalue weighted by atomic mass is 35.5. The standard InChI is InChI=1S/C24H30ClN3O4S/c1-17-4-3-9-28(16-17)33(30,31)23-15-19(5-7-21(23)25)24(29)26-22-8-6-20(14-18(22)2)27-10-12-32-13-11-27/h5-8,14-15,17H,3-4,9-13,16H2,1-2H3,(H,26,29). The Hall–Kier alpha value is -2.13. The summed E-state index contributed by atoms with van der Waals surface area (Å²) in [5.41, 5.74) is 2.95. The molecule has 0 aromatic heterocycles. The van der Waals surface area contributed by atoms with Crippen molar-refractivity contribution in [3.63, 3.8) is 0 Å². The van der Waals surface area contributed by atoms with Gasteiger partial charge in [-0.1, -0.05) is 18.5 Å². The molecule has 9 heteroatoms. The molecule has 1 amide bonds. The lowest BCUT2D eigenvalue weighted by Crippen LogP contribution is -2.39. The van der Waals surface area contributed by atoms with Gasteiger partial charge in [-0.2, -0.15) is 4.31 Å². The van der Waals surface area contributed by atoms with Crippen molar-refractivity contribution in [2.75, 3.05) is 49.6 Å². The van der Waals surface area contributed by atoms with Crippen LogP contribution in [0.15, 0.2) is 41.3 Å². The van der Waals surface area contributed by atoms with Crippen molar-refractivity contribution in [3.05, 3.63) is 52.5 Å². The number of hydrogen-bond acceptors (Lipinski definition) is 5. The third-order valence-electron chi connectivity index (χ3n) is 6.27. The molecule has 0 aliphatic carbocycles. The molecule has 2 saturated heterocycles. The van der Waals surface area contributed by atoms with Gasteiger partial charge in [0.25, 0.3) is 5.91 Å². The molecule has 2 aliphatic heterocycles. The van der Waals surface area contributed by atoms with E-state index in [0.717, 1.165) is 37.2 Å². The van der Waals surface area contributed by atoms with Gasteiger partial charge in [0, 0.05) is 43.1 Å². The Balaban J connectivity index is 1.53. The monoisotopic (exact) mass is 491 g/mol. The first-order chi connectivity index (χ1) is 15.8. The molecular weight excluding hydrogens is 462 g/mol. The Morgan fingerprint density at radius 1 is 1.12 bits per heavy atom. The van der Waals surface area contributed by atoms with Gasteiger partial charge in [-0.15, -0.1) is 0 Å². The lowest BCUT2D eigenvalue weighted by Gasteiger charge is -2.30. The third kappa shape index (κ3) is 5.35. The van der Waals surface area contributed by atoms with Crippen molar-refractivity contribution in [1.29, 1.82) is 0 Å². The van der Waals surface area contributed by atoms with Gasteiger partial charge in [-0.3, -0.25) is 4.79 Å². The molecule has 2 aliphatic rings. The van der Waals surface area contributed by atoms with Crippen molar-refractivity contribution in [2.45, 2.75) is 31.6 Å². The molecule has 2 heterocycles. The number of carbonyl (C=O) groups is 1. The maximum Gasteiger partial charge on any atom is 0.255 e. The maximum absolute atomic E-state index is 13.2. The molecule has 1 N–H and O–H groups in total. The fourth-order valence-electron chi connectivity index (χ4n) is 4.35. The molecule has 33 heavy (non-hydrogen) atoms. The van der Waals surface area contributed by atoms with E-state index in [1.165, 1.54) is 16.4 Å². The van der Waals surface area contributed by atoms with Crippen molar-refractivity contribution >= 4 is 38.9 Å². The highest BCUT2D eigenvalue weighted by Crippen LogP contribution is 2.30. The first kappa shape index (κ1) is 24.0. The van der Waals surface area contributed by atoms with E-state index in [9.17, 15) is 13.2 Å². The molecular formula is C24H30ClN3O4S. The van der Waals surface area contributed by atoms with E-state index in [4.69, 9.17) is 16.3 Å². The van der Waals surface area contributed by atoms with E-state index in [1.807, 2.05) is 32.0 Å². The quantitative estimate of drug-likeness (QED) is 0.679. The van der Waals surface area contributed by atoms with Crippen LogP contribution in [0, 0.1) is 12.8 Å². The first-order valence-corrected chi connectivity index (χ1v) is 13.1. The summed E-state index contributed by atoms with van der Waals surface area (Å²) in [7, 11) is -3.78. The number of rotatable bonds is 5. The van der Waals surface area contributed by atoms with Crippen LogP contribution in [0.2, 0.25) is 5.02 Å². The smallest absolute Gasteiger partial charge is 0.255 e. The van der Waals surface area contributed by atoms with Gasteiger partial charge >= 0.3 is 0 Å². The number of anilines is 2. The van der Waals surface area contributed by atoms with Crippen LogP contribution < -0.4 is 10.2 Å². The molecule has 1 unspecified atom stereocenters. The Kier molecular flexibility index (Phi) is 7.28. The second kappa shape index (κ2) is 10.0. The zero-order valence-electron chi connectivity index (χ0n) is 19.0. The number of halogens is 1. The molecule has 0 radical (unpaired) electrons. The zero-order valence-corrected chi connectivity index (χ0v) is 20.6. The van der Waals surface area contributed by atoms with E-state index in [-0.39, 0.29) is 21.4 Å². The van der Waals surface area contributed by atoms with Crippen LogP contribution in [0.1, 0.15) is 35.7 Å². The highest BCUT2D eigenvalue weighted by molar-refractivity contribution is 7.89. The van der Waals surface area contributed by atoms with Gasteiger partial charge in [0.05, 0.1) is 18.2 Å². The number of piperidine rings is 1. The predicted molar refractivity (Wildman–Crippen MR) is 131 cm³/mol. The zero-order chi connectivity index (χ0) is 23.6. The van der Waals surface area contributed by atoms with Crippen LogP contribution in [-0.4, -0.2) is 58.0 Å². The summed E-state index contributed by atoms with van der Waals surface area (Å²) in [4.78, 5) is 15.2. The predicted octanol–water partition coefficient (Wildman–Crippen LogP) is 4.16. The molecule has 0 bridgehead atoms. The summed E-state index contributed by atoms with van der Waals surface area (Å²) in [5, 5.41) is 3.03. The number of aryl methyl sites for hydroxylation is 1. The summed E-state index contributed by atoms with van der Waals surface area (Å²) in [6.45, 7) is 7.99. The van der Waals surface area contributed by atoms with E-state index >= 15 is 0 Å². The number of nitrogens with one attached hydrogen (secondary N) is 1. The number of hydrogen-bond donors (Lipinski definition) is 1. The minimum Gasteiger partial charge on any atom is -0.378 e. The van der Waals surface area contributed by atoms with Crippen LogP contribution in [0.25, 0.3) is 0 Å². The molecule has 1 atom stereocenters. The first-order valence-electron chi connectivity index (χ1n) is 11.3. The molecule has 178 valence electrons. The van der Waals surface area contributed by atoms with Gasteiger partial charge in [0.2, 0.25) is 10.0 Å². The number of nitrogens with zero attached hydrogens (tertiary/aromatic N) is 2. The molecule has 0 saturated carbocycles. The molecule has 4 rings (SSSR count). The number of ether oxygens (including phenoxy) is 1. The number of carbonyl (C=O) groups excluding carboxylic acids is 1. The summed E-state index contributed by atoms with van der Waals surface area (Å²) in [6, 6.07) is 10.3. The minimum atomic E-state index is -3.78. The Labute approximate surface area is 200 Å². The fourth-order valence-corrected chi connectivity index (χ4v) is 6.45. The van der Waals surface area contributed by atoms with Crippen molar-refractivity contribution in [3.8, 4) is 0 Å². The van der Waals surface area contributed by atoms with Gasteiger partial charge in [-0.05, 0) is 67.6 Å². The maximum atomic E-state index is 13.2. The summed E-state index contributed by atoms with van der Waals surface area (Å²) < 4.78 is 33.3.